The van der Waals surface area contributed by atoms with Crippen molar-refractivity contribution in [3.8, 4) is 0 Å². The van der Waals surface area contributed by atoms with Crippen molar-refractivity contribution >= 4 is 0 Å². The Morgan fingerprint density at radius 2 is 2.17 bits per heavy atom. The number of hydrogen-bond donors (Lipinski definition) is 1. The molecule has 0 saturated carbocycles. The summed E-state index contributed by atoms with van der Waals surface area (Å²) in [4.78, 5) is 2.45. The number of unbranched alkanes of at least 4 members (excludes halogenated alkanes) is 2. The second kappa shape index (κ2) is 6.86. The lowest BCUT2D eigenvalue weighted by molar-refractivity contribution is 0.240. The number of rotatable bonds is 6. The smallest absolute Gasteiger partial charge is 0.123 e. The fourth-order valence-corrected chi connectivity index (χ4v) is 2.79. The Labute approximate surface area is 108 Å². The lowest BCUT2D eigenvalue weighted by atomic mass is 10.0. The van der Waals surface area contributed by atoms with Gasteiger partial charge in [-0.15, -0.1) is 0 Å². The van der Waals surface area contributed by atoms with Crippen LogP contribution >= 0.6 is 0 Å². The molecule has 1 atom stereocenters. The quantitative estimate of drug-likeness (QED) is 0.785. The lowest BCUT2D eigenvalue weighted by Gasteiger charge is -2.24. The average molecular weight is 251 g/mol. The van der Waals surface area contributed by atoms with Crippen LogP contribution in [0.5, 0.6) is 0 Å². The molecule has 100 valence electrons. The summed E-state index contributed by atoms with van der Waals surface area (Å²) in [5, 5.41) is 8.76. The first kappa shape index (κ1) is 13.5. The Kier molecular flexibility index (Phi) is 5.14. The van der Waals surface area contributed by atoms with Crippen LogP contribution in [0.15, 0.2) is 24.3 Å². The van der Waals surface area contributed by atoms with Crippen molar-refractivity contribution in [2.24, 2.45) is 0 Å². The van der Waals surface area contributed by atoms with Crippen molar-refractivity contribution in [1.29, 1.82) is 0 Å². The molecule has 1 fully saturated rings. The molecule has 3 heteroatoms. The summed E-state index contributed by atoms with van der Waals surface area (Å²) in [5.41, 5.74) is 1.11. The molecule has 0 amide bonds. The molecule has 18 heavy (non-hydrogen) atoms. The molecule has 1 aromatic carbocycles. The van der Waals surface area contributed by atoms with E-state index in [0.717, 1.165) is 44.3 Å². The highest BCUT2D eigenvalue weighted by molar-refractivity contribution is 5.21. The topological polar surface area (TPSA) is 23.5 Å². The summed E-state index contributed by atoms with van der Waals surface area (Å²) in [6, 6.07) is 7.38. The molecular formula is C15H22FNO. The average Bonchev–Trinajstić information content (AvgIpc) is 2.83. The highest BCUT2D eigenvalue weighted by atomic mass is 19.1. The summed E-state index contributed by atoms with van der Waals surface area (Å²) in [6.45, 7) is 2.45. The zero-order valence-electron chi connectivity index (χ0n) is 10.8. The van der Waals surface area contributed by atoms with Gasteiger partial charge in [0.15, 0.2) is 0 Å². The number of aliphatic hydroxyl groups is 1. The van der Waals surface area contributed by atoms with E-state index in [1.807, 2.05) is 6.07 Å². The van der Waals surface area contributed by atoms with E-state index in [2.05, 4.69) is 4.90 Å². The van der Waals surface area contributed by atoms with Crippen LogP contribution in [0.3, 0.4) is 0 Å². The van der Waals surface area contributed by atoms with E-state index in [-0.39, 0.29) is 12.4 Å². The first-order valence-electron chi connectivity index (χ1n) is 6.91. The summed E-state index contributed by atoms with van der Waals surface area (Å²) in [6.07, 6.45) is 5.40. The van der Waals surface area contributed by atoms with Gasteiger partial charge in [-0.25, -0.2) is 4.39 Å². The SMILES string of the molecule is OCCCCCN1CCCC1c1cccc(F)c1. The molecule has 1 aromatic rings. The molecular weight excluding hydrogens is 229 g/mol. The first-order chi connectivity index (χ1) is 8.81. The zero-order valence-corrected chi connectivity index (χ0v) is 10.8. The lowest BCUT2D eigenvalue weighted by Crippen LogP contribution is -2.24. The molecule has 1 aliphatic heterocycles. The normalized spacial score (nSPS) is 20.4. The van der Waals surface area contributed by atoms with Crippen LogP contribution in [0.1, 0.15) is 43.7 Å². The molecule has 0 radical (unpaired) electrons. The van der Waals surface area contributed by atoms with E-state index in [1.54, 1.807) is 12.1 Å². The minimum atomic E-state index is -0.139. The van der Waals surface area contributed by atoms with Crippen LogP contribution in [-0.4, -0.2) is 29.7 Å². The van der Waals surface area contributed by atoms with Crippen LogP contribution < -0.4 is 0 Å². The van der Waals surface area contributed by atoms with Crippen LogP contribution in [0.2, 0.25) is 0 Å². The van der Waals surface area contributed by atoms with Crippen LogP contribution in [0, 0.1) is 5.82 Å². The third-order valence-electron chi connectivity index (χ3n) is 3.70. The fraction of sp³-hybridized carbons (Fsp3) is 0.600. The summed E-state index contributed by atoms with van der Waals surface area (Å²) in [5.74, 6) is -0.139. The second-order valence-electron chi connectivity index (χ2n) is 5.03. The highest BCUT2D eigenvalue weighted by Crippen LogP contribution is 2.32. The number of likely N-dealkylation sites (tertiary alicyclic amines) is 1. The Bertz CT molecular complexity index is 369. The van der Waals surface area contributed by atoms with E-state index in [4.69, 9.17) is 5.11 Å². The zero-order chi connectivity index (χ0) is 12.8. The van der Waals surface area contributed by atoms with Gasteiger partial charge in [-0.2, -0.15) is 0 Å². The van der Waals surface area contributed by atoms with Gasteiger partial charge in [-0.05, 0) is 62.9 Å². The van der Waals surface area contributed by atoms with Crippen LogP contribution in [0.25, 0.3) is 0 Å². The number of nitrogens with zero attached hydrogens (tertiary/aromatic N) is 1. The Hall–Kier alpha value is -0.930. The van der Waals surface area contributed by atoms with Crippen molar-refractivity contribution in [2.45, 2.75) is 38.1 Å². The second-order valence-corrected chi connectivity index (χ2v) is 5.03. The van der Waals surface area contributed by atoms with Gasteiger partial charge in [0, 0.05) is 12.6 Å². The summed E-state index contributed by atoms with van der Waals surface area (Å²) in [7, 11) is 0. The van der Waals surface area contributed by atoms with Crippen LogP contribution in [-0.2, 0) is 0 Å². The number of benzene rings is 1. The predicted octanol–water partition coefficient (Wildman–Crippen LogP) is 3.13. The molecule has 1 aliphatic rings. The van der Waals surface area contributed by atoms with Crippen molar-refractivity contribution in [3.05, 3.63) is 35.6 Å². The minimum absolute atomic E-state index is 0.139. The predicted molar refractivity (Wildman–Crippen MR) is 70.9 cm³/mol. The Balaban J connectivity index is 1.91. The molecule has 0 spiro atoms. The van der Waals surface area contributed by atoms with Gasteiger partial charge in [0.25, 0.3) is 0 Å². The van der Waals surface area contributed by atoms with Crippen LogP contribution in [0.4, 0.5) is 4.39 Å². The van der Waals surface area contributed by atoms with Gasteiger partial charge >= 0.3 is 0 Å². The third-order valence-corrected chi connectivity index (χ3v) is 3.70. The fourth-order valence-electron chi connectivity index (χ4n) is 2.79. The van der Waals surface area contributed by atoms with Gasteiger partial charge in [0.2, 0.25) is 0 Å². The van der Waals surface area contributed by atoms with E-state index in [0.29, 0.717) is 6.04 Å². The maximum absolute atomic E-state index is 13.3. The van der Waals surface area contributed by atoms with Crippen molar-refractivity contribution in [3.63, 3.8) is 0 Å². The van der Waals surface area contributed by atoms with Gasteiger partial charge in [-0.3, -0.25) is 4.90 Å². The molecule has 1 unspecified atom stereocenters. The van der Waals surface area contributed by atoms with E-state index in [1.165, 1.54) is 12.5 Å². The monoisotopic (exact) mass is 251 g/mol. The van der Waals surface area contributed by atoms with Gasteiger partial charge < -0.3 is 5.11 Å². The molecule has 0 aromatic heterocycles. The number of hydrogen-bond acceptors (Lipinski definition) is 2. The molecule has 2 rings (SSSR count). The number of aliphatic hydroxyl groups excluding tert-OH is 1. The highest BCUT2D eigenvalue weighted by Gasteiger charge is 2.25. The Morgan fingerprint density at radius 3 is 2.94 bits per heavy atom. The van der Waals surface area contributed by atoms with Crippen molar-refractivity contribution in [1.82, 2.24) is 4.90 Å². The maximum Gasteiger partial charge on any atom is 0.123 e. The van der Waals surface area contributed by atoms with Gasteiger partial charge in [-0.1, -0.05) is 12.1 Å². The summed E-state index contributed by atoms with van der Waals surface area (Å²) >= 11 is 0. The first-order valence-corrected chi connectivity index (χ1v) is 6.91. The number of halogens is 1. The van der Waals surface area contributed by atoms with Gasteiger partial charge in [0.05, 0.1) is 0 Å². The summed E-state index contributed by atoms with van der Waals surface area (Å²) < 4.78 is 13.3. The molecule has 0 bridgehead atoms. The molecule has 2 nitrogen and oxygen atoms in total. The molecule has 1 saturated heterocycles. The van der Waals surface area contributed by atoms with Crippen molar-refractivity contribution < 1.29 is 9.50 Å². The van der Waals surface area contributed by atoms with E-state index >= 15 is 0 Å². The van der Waals surface area contributed by atoms with E-state index < -0.39 is 0 Å². The third kappa shape index (κ3) is 3.53. The maximum atomic E-state index is 13.3. The molecule has 1 N–H and O–H groups in total. The van der Waals surface area contributed by atoms with Gasteiger partial charge in [0.1, 0.15) is 5.82 Å². The van der Waals surface area contributed by atoms with E-state index in [9.17, 15) is 4.39 Å². The minimum Gasteiger partial charge on any atom is -0.396 e. The standard InChI is InChI=1S/C15H22FNO/c16-14-7-4-6-13(12-14)15-8-5-10-17(15)9-2-1-3-11-18/h4,6-7,12,15,18H,1-3,5,8-11H2. The largest absolute Gasteiger partial charge is 0.396 e. The van der Waals surface area contributed by atoms with Crippen molar-refractivity contribution in [2.75, 3.05) is 19.7 Å². The Morgan fingerprint density at radius 1 is 1.28 bits per heavy atom. The molecule has 1 heterocycles. The molecule has 0 aliphatic carbocycles.